The fourth-order valence-corrected chi connectivity index (χ4v) is 2.16. The molecule has 1 aromatic heterocycles. The maximum atomic E-state index is 13.5. The molecule has 1 fully saturated rings. The van der Waals surface area contributed by atoms with Gasteiger partial charge in [0.05, 0.1) is 5.02 Å². The zero-order chi connectivity index (χ0) is 14.0. The summed E-state index contributed by atoms with van der Waals surface area (Å²) in [5, 5.41) is 2.60. The third-order valence-corrected chi connectivity index (χ3v) is 3.28. The van der Waals surface area contributed by atoms with E-state index in [0.29, 0.717) is 0 Å². The number of nitrogens with zero attached hydrogens (tertiary/aromatic N) is 1. The molecule has 0 saturated heterocycles. The lowest BCUT2D eigenvalue weighted by Gasteiger charge is -2.28. The molecule has 0 bridgehead atoms. The van der Waals surface area contributed by atoms with Crippen LogP contribution in [0.25, 0.3) is 0 Å². The monoisotopic (exact) mass is 292 g/mol. The summed E-state index contributed by atoms with van der Waals surface area (Å²) in [6.07, 6.45) is 0.972. The van der Waals surface area contributed by atoms with Crippen molar-refractivity contribution < 1.29 is 18.0 Å². The molecule has 0 aliphatic heterocycles. The maximum absolute atomic E-state index is 13.5. The van der Waals surface area contributed by atoms with Crippen LogP contribution in [0.5, 0.6) is 0 Å². The number of hydrogen-bond donors (Lipinski definition) is 1. The Balaban J connectivity index is 1.98. The number of carbonyl (C=O) groups excluding carboxylic acids is 1. The molecule has 1 heterocycles. The van der Waals surface area contributed by atoms with Crippen molar-refractivity contribution in [3.63, 3.8) is 0 Å². The first-order valence-corrected chi connectivity index (χ1v) is 6.25. The van der Waals surface area contributed by atoms with E-state index in [1.807, 2.05) is 0 Å². The first-order chi connectivity index (χ1) is 8.87. The van der Waals surface area contributed by atoms with Crippen molar-refractivity contribution in [2.24, 2.45) is 0 Å². The van der Waals surface area contributed by atoms with Crippen molar-refractivity contribution in [3.8, 4) is 0 Å². The van der Waals surface area contributed by atoms with E-state index in [2.05, 4.69) is 10.3 Å². The first kappa shape index (κ1) is 14.1. The first-order valence-electron chi connectivity index (χ1n) is 5.87. The Morgan fingerprint density at radius 3 is 2.63 bits per heavy atom. The summed E-state index contributed by atoms with van der Waals surface area (Å²) in [6, 6.07) is 0.613. The van der Waals surface area contributed by atoms with Gasteiger partial charge >= 0.3 is 0 Å². The molecule has 0 unspecified atom stereocenters. The van der Waals surface area contributed by atoms with E-state index in [-0.39, 0.29) is 42.4 Å². The lowest BCUT2D eigenvalue weighted by molar-refractivity contribution is -0.0399. The second kappa shape index (κ2) is 5.36. The summed E-state index contributed by atoms with van der Waals surface area (Å²) < 4.78 is 39.3. The second-order valence-electron chi connectivity index (χ2n) is 4.59. The van der Waals surface area contributed by atoms with Crippen LogP contribution in [0.15, 0.2) is 12.3 Å². The maximum Gasteiger partial charge on any atom is 0.273 e. The van der Waals surface area contributed by atoms with Crippen molar-refractivity contribution in [1.29, 1.82) is 0 Å². The highest BCUT2D eigenvalue weighted by Crippen LogP contribution is 2.33. The van der Waals surface area contributed by atoms with Crippen LogP contribution in [-0.2, 0) is 0 Å². The molecule has 0 aromatic carbocycles. The van der Waals surface area contributed by atoms with Crippen molar-refractivity contribution in [1.82, 2.24) is 10.3 Å². The largest absolute Gasteiger partial charge is 0.348 e. The van der Waals surface area contributed by atoms with E-state index in [9.17, 15) is 18.0 Å². The van der Waals surface area contributed by atoms with Crippen LogP contribution < -0.4 is 5.32 Å². The SMILES string of the molecule is O=C(NC1CCC(F)(F)CC1)c1ncc(Cl)cc1F. The molecule has 1 saturated carbocycles. The summed E-state index contributed by atoms with van der Waals surface area (Å²) in [4.78, 5) is 15.4. The fourth-order valence-electron chi connectivity index (χ4n) is 2.02. The predicted molar refractivity (Wildman–Crippen MR) is 63.9 cm³/mol. The van der Waals surface area contributed by atoms with Crippen LogP contribution in [0.2, 0.25) is 5.02 Å². The summed E-state index contributed by atoms with van der Waals surface area (Å²) in [6.45, 7) is 0. The number of alkyl halides is 2. The third-order valence-electron chi connectivity index (χ3n) is 3.08. The van der Waals surface area contributed by atoms with Gasteiger partial charge in [0.2, 0.25) is 5.92 Å². The molecule has 0 atom stereocenters. The molecule has 1 amide bonds. The Labute approximate surface area is 113 Å². The molecule has 0 radical (unpaired) electrons. The van der Waals surface area contributed by atoms with E-state index in [1.165, 1.54) is 0 Å². The van der Waals surface area contributed by atoms with E-state index in [4.69, 9.17) is 11.6 Å². The third kappa shape index (κ3) is 3.59. The average molecular weight is 293 g/mol. The van der Waals surface area contributed by atoms with Crippen molar-refractivity contribution in [2.75, 3.05) is 0 Å². The minimum absolute atomic E-state index is 0.0892. The van der Waals surface area contributed by atoms with Gasteiger partial charge in [0.25, 0.3) is 5.91 Å². The van der Waals surface area contributed by atoms with Crippen LogP contribution in [0, 0.1) is 5.82 Å². The Morgan fingerprint density at radius 1 is 1.42 bits per heavy atom. The van der Waals surface area contributed by atoms with E-state index < -0.39 is 17.6 Å². The molecule has 19 heavy (non-hydrogen) atoms. The van der Waals surface area contributed by atoms with Crippen LogP contribution in [0.4, 0.5) is 13.2 Å². The Morgan fingerprint density at radius 2 is 2.05 bits per heavy atom. The highest BCUT2D eigenvalue weighted by molar-refractivity contribution is 6.30. The number of nitrogens with one attached hydrogen (secondary N) is 1. The normalized spacial score (nSPS) is 19.2. The number of amides is 1. The summed E-state index contributed by atoms with van der Waals surface area (Å²) in [7, 11) is 0. The van der Waals surface area contributed by atoms with Crippen LogP contribution in [0.3, 0.4) is 0 Å². The van der Waals surface area contributed by atoms with Gasteiger partial charge in [-0.1, -0.05) is 11.6 Å². The quantitative estimate of drug-likeness (QED) is 0.909. The predicted octanol–water partition coefficient (Wildman–Crippen LogP) is 3.18. The van der Waals surface area contributed by atoms with Crippen LogP contribution in [-0.4, -0.2) is 22.9 Å². The molecule has 1 aliphatic rings. The molecule has 7 heteroatoms. The number of aromatic nitrogens is 1. The van der Waals surface area contributed by atoms with E-state index >= 15 is 0 Å². The van der Waals surface area contributed by atoms with Gasteiger partial charge in [-0.15, -0.1) is 0 Å². The summed E-state index contributed by atoms with van der Waals surface area (Å²) in [5.74, 6) is -4.19. The fraction of sp³-hybridized carbons (Fsp3) is 0.500. The molecule has 104 valence electrons. The van der Waals surface area contributed by atoms with Gasteiger partial charge in [-0.2, -0.15) is 0 Å². The summed E-state index contributed by atoms with van der Waals surface area (Å²) in [5.41, 5.74) is -0.373. The minimum Gasteiger partial charge on any atom is -0.348 e. The minimum atomic E-state index is -2.66. The van der Waals surface area contributed by atoms with Gasteiger partial charge in [0, 0.05) is 25.1 Å². The molecule has 1 N–H and O–H groups in total. The standard InChI is InChI=1S/C12H12ClF3N2O/c13-7-5-9(14)10(17-6-7)11(19)18-8-1-3-12(15,16)4-2-8/h5-6,8H,1-4H2,(H,18,19). The molecule has 2 rings (SSSR count). The molecule has 0 spiro atoms. The van der Waals surface area contributed by atoms with Crippen LogP contribution in [0.1, 0.15) is 36.2 Å². The lowest BCUT2D eigenvalue weighted by atomic mass is 9.92. The Hall–Kier alpha value is -1.30. The Kier molecular flexibility index (Phi) is 3.99. The molecule has 1 aliphatic carbocycles. The summed E-state index contributed by atoms with van der Waals surface area (Å²) >= 11 is 5.53. The van der Waals surface area contributed by atoms with E-state index in [0.717, 1.165) is 12.3 Å². The number of halogens is 4. The molecular formula is C12H12ClF3N2O. The van der Waals surface area contributed by atoms with Gasteiger partial charge in [0.1, 0.15) is 0 Å². The molecule has 3 nitrogen and oxygen atoms in total. The molecular weight excluding hydrogens is 281 g/mol. The number of pyridine rings is 1. The molecule has 1 aromatic rings. The highest BCUT2D eigenvalue weighted by Gasteiger charge is 2.35. The van der Waals surface area contributed by atoms with Crippen molar-refractivity contribution >= 4 is 17.5 Å². The highest BCUT2D eigenvalue weighted by atomic mass is 35.5. The van der Waals surface area contributed by atoms with E-state index in [1.54, 1.807) is 0 Å². The number of carbonyl (C=O) groups is 1. The number of rotatable bonds is 2. The van der Waals surface area contributed by atoms with Crippen molar-refractivity contribution in [2.45, 2.75) is 37.6 Å². The number of hydrogen-bond acceptors (Lipinski definition) is 2. The smallest absolute Gasteiger partial charge is 0.273 e. The average Bonchev–Trinajstić information content (AvgIpc) is 2.31. The van der Waals surface area contributed by atoms with Crippen molar-refractivity contribution in [3.05, 3.63) is 28.8 Å². The van der Waals surface area contributed by atoms with Gasteiger partial charge < -0.3 is 5.32 Å². The Bertz CT molecular complexity index is 486. The van der Waals surface area contributed by atoms with Crippen LogP contribution >= 0.6 is 11.6 Å². The van der Waals surface area contributed by atoms with Gasteiger partial charge in [0.15, 0.2) is 11.5 Å². The van der Waals surface area contributed by atoms with Gasteiger partial charge in [-0.25, -0.2) is 18.2 Å². The zero-order valence-electron chi connectivity index (χ0n) is 9.93. The van der Waals surface area contributed by atoms with Gasteiger partial charge in [-0.3, -0.25) is 4.79 Å². The topological polar surface area (TPSA) is 42.0 Å². The second-order valence-corrected chi connectivity index (χ2v) is 5.02. The van der Waals surface area contributed by atoms with Gasteiger partial charge in [-0.05, 0) is 18.9 Å². The zero-order valence-corrected chi connectivity index (χ0v) is 10.7. The lowest BCUT2D eigenvalue weighted by Crippen LogP contribution is -2.40.